The lowest BCUT2D eigenvalue weighted by molar-refractivity contribution is -0.140. The van der Waals surface area contributed by atoms with Gasteiger partial charge in [0, 0.05) is 23.4 Å². The van der Waals surface area contributed by atoms with Gasteiger partial charge in [-0.15, -0.1) is 0 Å². The predicted molar refractivity (Wildman–Crippen MR) is 124 cm³/mol. The van der Waals surface area contributed by atoms with Gasteiger partial charge in [0.1, 0.15) is 11.4 Å². The van der Waals surface area contributed by atoms with Gasteiger partial charge in [-0.1, -0.05) is 50.3 Å². The van der Waals surface area contributed by atoms with Crippen molar-refractivity contribution in [3.63, 3.8) is 0 Å². The lowest BCUT2D eigenvalue weighted by Gasteiger charge is -2.28. The molecule has 0 bridgehead atoms. The number of fused-ring (bicyclic) bond motifs is 1. The molecule has 1 saturated carbocycles. The van der Waals surface area contributed by atoms with Crippen molar-refractivity contribution in [2.24, 2.45) is 0 Å². The van der Waals surface area contributed by atoms with Crippen LogP contribution in [0.15, 0.2) is 48.2 Å². The zero-order valence-electron chi connectivity index (χ0n) is 18.8. The lowest BCUT2D eigenvalue weighted by atomic mass is 9.95. The number of imide groups is 1. The van der Waals surface area contributed by atoms with Crippen LogP contribution in [0.25, 0.3) is 5.57 Å². The number of carbonyl (C=O) groups excluding carboxylic acids is 2. The largest absolute Gasteiger partial charge is 0.496 e. The molecule has 2 aromatic rings. The van der Waals surface area contributed by atoms with Crippen molar-refractivity contribution in [1.29, 1.82) is 0 Å². The molecule has 2 heterocycles. The zero-order chi connectivity index (χ0) is 22.8. The number of nitrogens with one attached hydrogen (secondary N) is 1. The maximum absolute atomic E-state index is 13.8. The standard InChI is InChI=1S/C26H28N2O5/c1-31-20-12-8-7-11-19(20)23-24(27-17-13-14-21-22(15-17)33-16-32-21)26(30)28(25(23)29)18-9-5-3-2-4-6-10-18/h7-8,11-15,18,27H,2-6,9-10,16H2,1H3. The van der Waals surface area contributed by atoms with Crippen molar-refractivity contribution in [2.45, 2.75) is 51.0 Å². The Morgan fingerprint density at radius 3 is 2.42 bits per heavy atom. The van der Waals surface area contributed by atoms with Gasteiger partial charge in [0.2, 0.25) is 6.79 Å². The van der Waals surface area contributed by atoms with E-state index in [1.165, 1.54) is 11.3 Å². The molecule has 0 unspecified atom stereocenters. The maximum atomic E-state index is 13.8. The molecule has 2 aliphatic heterocycles. The minimum absolute atomic E-state index is 0.0916. The van der Waals surface area contributed by atoms with E-state index in [0.29, 0.717) is 34.1 Å². The summed E-state index contributed by atoms with van der Waals surface area (Å²) < 4.78 is 16.4. The van der Waals surface area contributed by atoms with E-state index in [9.17, 15) is 9.59 Å². The number of methoxy groups -OCH3 is 1. The van der Waals surface area contributed by atoms with Gasteiger partial charge >= 0.3 is 0 Å². The minimum Gasteiger partial charge on any atom is -0.496 e. The molecule has 0 aromatic heterocycles. The maximum Gasteiger partial charge on any atom is 0.278 e. The van der Waals surface area contributed by atoms with E-state index in [1.54, 1.807) is 25.3 Å². The third-order valence-corrected chi connectivity index (χ3v) is 6.57. The first-order valence-electron chi connectivity index (χ1n) is 11.6. The van der Waals surface area contributed by atoms with Crippen LogP contribution in [0.4, 0.5) is 5.69 Å². The van der Waals surface area contributed by atoms with Crippen LogP contribution in [0.5, 0.6) is 17.2 Å². The molecule has 0 saturated heterocycles. The summed E-state index contributed by atoms with van der Waals surface area (Å²) in [6.45, 7) is 0.167. The third-order valence-electron chi connectivity index (χ3n) is 6.57. The van der Waals surface area contributed by atoms with E-state index in [0.717, 1.165) is 38.5 Å². The van der Waals surface area contributed by atoms with Gasteiger partial charge in [-0.25, -0.2) is 0 Å². The average Bonchev–Trinajstić information content (AvgIpc) is 3.36. The summed E-state index contributed by atoms with van der Waals surface area (Å²) in [5.74, 6) is 1.26. The summed E-state index contributed by atoms with van der Waals surface area (Å²) in [6, 6.07) is 12.6. The Bertz CT molecular complexity index is 1100. The lowest BCUT2D eigenvalue weighted by Crippen LogP contribution is -2.42. The first kappa shape index (κ1) is 21.4. The number of anilines is 1. The fourth-order valence-corrected chi connectivity index (χ4v) is 4.91. The molecule has 0 atom stereocenters. The molecule has 3 aliphatic rings. The van der Waals surface area contributed by atoms with Gasteiger partial charge in [0.25, 0.3) is 11.8 Å². The van der Waals surface area contributed by atoms with E-state index in [4.69, 9.17) is 14.2 Å². The van der Waals surface area contributed by atoms with Crippen molar-refractivity contribution in [3.8, 4) is 17.2 Å². The Labute approximate surface area is 193 Å². The molecule has 1 N–H and O–H groups in total. The van der Waals surface area contributed by atoms with Gasteiger partial charge in [-0.2, -0.15) is 0 Å². The third kappa shape index (κ3) is 4.03. The van der Waals surface area contributed by atoms with Gasteiger partial charge in [-0.05, 0) is 31.0 Å². The molecule has 172 valence electrons. The van der Waals surface area contributed by atoms with Gasteiger partial charge < -0.3 is 19.5 Å². The Balaban J connectivity index is 1.55. The predicted octanol–water partition coefficient (Wildman–Crippen LogP) is 4.73. The van der Waals surface area contributed by atoms with E-state index < -0.39 is 0 Å². The topological polar surface area (TPSA) is 77.1 Å². The Morgan fingerprint density at radius 1 is 0.909 bits per heavy atom. The van der Waals surface area contributed by atoms with Gasteiger partial charge in [0.15, 0.2) is 11.5 Å². The van der Waals surface area contributed by atoms with Crippen LogP contribution in [0.2, 0.25) is 0 Å². The molecular weight excluding hydrogens is 420 g/mol. The molecule has 0 radical (unpaired) electrons. The summed E-state index contributed by atoms with van der Waals surface area (Å²) in [5, 5.41) is 3.22. The Kier molecular flexibility index (Phi) is 5.94. The molecule has 7 heteroatoms. The number of amides is 2. The number of ether oxygens (including phenoxy) is 3. The quantitative estimate of drug-likeness (QED) is 0.667. The van der Waals surface area contributed by atoms with E-state index >= 15 is 0 Å². The fourth-order valence-electron chi connectivity index (χ4n) is 4.91. The first-order valence-corrected chi connectivity index (χ1v) is 11.6. The number of rotatable bonds is 5. The van der Waals surface area contributed by atoms with Crippen LogP contribution in [0, 0.1) is 0 Å². The first-order chi connectivity index (χ1) is 16.2. The van der Waals surface area contributed by atoms with Crippen LogP contribution in [-0.2, 0) is 9.59 Å². The van der Waals surface area contributed by atoms with Crippen molar-refractivity contribution in [1.82, 2.24) is 4.90 Å². The monoisotopic (exact) mass is 448 g/mol. The highest BCUT2D eigenvalue weighted by Crippen LogP contribution is 2.39. The van der Waals surface area contributed by atoms with Crippen molar-refractivity contribution in [3.05, 3.63) is 53.7 Å². The molecule has 7 nitrogen and oxygen atoms in total. The highest BCUT2D eigenvalue weighted by Gasteiger charge is 2.43. The zero-order valence-corrected chi connectivity index (χ0v) is 18.8. The highest BCUT2D eigenvalue weighted by molar-refractivity contribution is 6.37. The molecule has 33 heavy (non-hydrogen) atoms. The summed E-state index contributed by atoms with van der Waals surface area (Å²) in [4.78, 5) is 29.0. The van der Waals surface area contributed by atoms with Gasteiger partial charge in [0.05, 0.1) is 12.7 Å². The molecule has 2 amide bonds. The van der Waals surface area contributed by atoms with Crippen LogP contribution >= 0.6 is 0 Å². The number of carbonyl (C=O) groups is 2. The van der Waals surface area contributed by atoms with Crippen molar-refractivity contribution >= 4 is 23.1 Å². The second kappa shape index (κ2) is 9.17. The number of para-hydroxylation sites is 1. The van der Waals surface area contributed by atoms with E-state index in [2.05, 4.69) is 5.32 Å². The van der Waals surface area contributed by atoms with E-state index in [1.807, 2.05) is 24.3 Å². The minimum atomic E-state index is -0.288. The van der Waals surface area contributed by atoms with Crippen molar-refractivity contribution < 1.29 is 23.8 Å². The number of hydrogen-bond donors (Lipinski definition) is 1. The molecule has 2 aromatic carbocycles. The number of nitrogens with zero attached hydrogens (tertiary/aromatic N) is 1. The smallest absolute Gasteiger partial charge is 0.278 e. The Morgan fingerprint density at radius 2 is 1.64 bits per heavy atom. The summed E-state index contributed by atoms with van der Waals surface area (Å²) in [7, 11) is 1.57. The molecule has 0 spiro atoms. The van der Waals surface area contributed by atoms with Crippen LogP contribution in [0.3, 0.4) is 0 Å². The van der Waals surface area contributed by atoms with Crippen LogP contribution < -0.4 is 19.5 Å². The van der Waals surface area contributed by atoms with E-state index in [-0.39, 0.29) is 30.3 Å². The van der Waals surface area contributed by atoms with Crippen LogP contribution in [-0.4, -0.2) is 36.7 Å². The summed E-state index contributed by atoms with van der Waals surface area (Å²) in [5.41, 5.74) is 1.87. The van der Waals surface area contributed by atoms with Crippen molar-refractivity contribution in [2.75, 3.05) is 19.2 Å². The second-order valence-corrected chi connectivity index (χ2v) is 8.62. The average molecular weight is 449 g/mol. The van der Waals surface area contributed by atoms with Crippen LogP contribution in [0.1, 0.15) is 50.5 Å². The number of hydrogen-bond acceptors (Lipinski definition) is 6. The van der Waals surface area contributed by atoms with Gasteiger partial charge in [-0.3, -0.25) is 14.5 Å². The molecular formula is C26H28N2O5. The second-order valence-electron chi connectivity index (χ2n) is 8.62. The highest BCUT2D eigenvalue weighted by atomic mass is 16.7. The Hall–Kier alpha value is -3.48. The summed E-state index contributed by atoms with van der Waals surface area (Å²) in [6.07, 6.45) is 7.23. The summed E-state index contributed by atoms with van der Waals surface area (Å²) >= 11 is 0. The molecule has 1 fully saturated rings. The SMILES string of the molecule is COc1ccccc1C1=C(Nc2ccc3c(c2)OCO3)C(=O)N(C2CCCCCCC2)C1=O. The fraction of sp³-hybridized carbons (Fsp3) is 0.385. The molecule has 1 aliphatic carbocycles. The number of benzene rings is 2. The normalized spacial score (nSPS) is 19.0. The molecule has 5 rings (SSSR count).